The molecule has 1 aliphatic rings. The van der Waals surface area contributed by atoms with Crippen LogP contribution in [0.25, 0.3) is 0 Å². The summed E-state index contributed by atoms with van der Waals surface area (Å²) in [7, 11) is 0. The van der Waals surface area contributed by atoms with Crippen molar-refractivity contribution in [1.82, 2.24) is 4.90 Å². The maximum Gasteiger partial charge on any atom is 0.245 e. The fourth-order valence-corrected chi connectivity index (χ4v) is 1.33. The Labute approximate surface area is 92.7 Å². The number of hydrogen-bond acceptors (Lipinski definition) is 5. The first kappa shape index (κ1) is 12.1. The first-order valence-electron chi connectivity index (χ1n) is 4.82. The molecule has 0 aliphatic carbocycles. The van der Waals surface area contributed by atoms with Gasteiger partial charge in [0, 0.05) is 6.42 Å². The number of rotatable bonds is 4. The first-order chi connectivity index (χ1) is 7.56. The van der Waals surface area contributed by atoms with Crippen LogP contribution in [0.1, 0.15) is 12.8 Å². The lowest BCUT2D eigenvalue weighted by Crippen LogP contribution is -2.46. The molecule has 16 heavy (non-hydrogen) atoms. The van der Waals surface area contributed by atoms with E-state index >= 15 is 0 Å². The highest BCUT2D eigenvalue weighted by atomic mass is 16.2. The van der Waals surface area contributed by atoms with E-state index < -0.39 is 23.9 Å². The van der Waals surface area contributed by atoms with Crippen LogP contribution < -0.4 is 11.5 Å². The Hall–Kier alpha value is -1.94. The average molecular weight is 223 g/mol. The van der Waals surface area contributed by atoms with E-state index in [2.05, 4.69) is 4.99 Å². The Morgan fingerprint density at radius 1 is 1.69 bits per heavy atom. The predicted octanol–water partition coefficient (Wildman–Crippen LogP) is -1.66. The van der Waals surface area contributed by atoms with Gasteiger partial charge in [0.25, 0.3) is 0 Å². The maximum atomic E-state index is 11.7. The maximum absolute atomic E-state index is 11.7. The molecule has 2 amide bonds. The van der Waals surface area contributed by atoms with Gasteiger partial charge in [-0.15, -0.1) is 0 Å². The Morgan fingerprint density at radius 2 is 2.38 bits per heavy atom. The van der Waals surface area contributed by atoms with Crippen LogP contribution in [0.5, 0.6) is 0 Å². The molecule has 1 rings (SSSR count). The van der Waals surface area contributed by atoms with Crippen LogP contribution in [0.15, 0.2) is 4.99 Å². The molecule has 0 bridgehead atoms. The molecule has 0 aromatic heterocycles. The third-order valence-corrected chi connectivity index (χ3v) is 2.24. The number of carbonyl (C=O) groups is 2. The van der Waals surface area contributed by atoms with E-state index in [1.807, 2.05) is 6.07 Å². The SMILES string of the molecule is N#CC1CN=CN1C(=O)[C@@H](N)CCC(N)=O. The fraction of sp³-hybridized carbons (Fsp3) is 0.556. The zero-order valence-electron chi connectivity index (χ0n) is 8.67. The number of nitriles is 1. The largest absolute Gasteiger partial charge is 0.370 e. The molecule has 0 aromatic rings. The van der Waals surface area contributed by atoms with E-state index in [0.717, 1.165) is 0 Å². The molecule has 0 radical (unpaired) electrons. The van der Waals surface area contributed by atoms with Crippen LogP contribution in [0.4, 0.5) is 0 Å². The fourth-order valence-electron chi connectivity index (χ4n) is 1.33. The molecule has 1 heterocycles. The molecule has 0 spiro atoms. The van der Waals surface area contributed by atoms with Crippen molar-refractivity contribution >= 4 is 18.2 Å². The normalized spacial score (nSPS) is 20.5. The third kappa shape index (κ3) is 2.77. The highest BCUT2D eigenvalue weighted by molar-refractivity contribution is 5.93. The van der Waals surface area contributed by atoms with Gasteiger partial charge < -0.3 is 11.5 Å². The molecule has 1 unspecified atom stereocenters. The number of nitrogens with two attached hydrogens (primary N) is 2. The summed E-state index contributed by atoms with van der Waals surface area (Å²) in [5, 5.41) is 8.75. The number of carbonyl (C=O) groups excluding carboxylic acids is 2. The van der Waals surface area contributed by atoms with Crippen molar-refractivity contribution in [2.24, 2.45) is 16.5 Å². The van der Waals surface area contributed by atoms with Gasteiger partial charge in [-0.25, -0.2) is 0 Å². The van der Waals surface area contributed by atoms with Gasteiger partial charge in [0.05, 0.1) is 25.0 Å². The van der Waals surface area contributed by atoms with E-state index in [-0.39, 0.29) is 19.4 Å². The van der Waals surface area contributed by atoms with Gasteiger partial charge in [0.15, 0.2) is 0 Å². The number of primary amides is 1. The smallest absolute Gasteiger partial charge is 0.245 e. The number of nitrogens with zero attached hydrogens (tertiary/aromatic N) is 3. The zero-order chi connectivity index (χ0) is 12.1. The van der Waals surface area contributed by atoms with E-state index in [1.54, 1.807) is 0 Å². The summed E-state index contributed by atoms with van der Waals surface area (Å²) in [6.45, 7) is 0.269. The van der Waals surface area contributed by atoms with Gasteiger partial charge >= 0.3 is 0 Å². The van der Waals surface area contributed by atoms with Crippen molar-refractivity contribution in [3.63, 3.8) is 0 Å². The summed E-state index contributed by atoms with van der Waals surface area (Å²) in [4.78, 5) is 27.3. The van der Waals surface area contributed by atoms with E-state index in [4.69, 9.17) is 16.7 Å². The number of amides is 2. The highest BCUT2D eigenvalue weighted by Crippen LogP contribution is 2.08. The highest BCUT2D eigenvalue weighted by Gasteiger charge is 2.29. The molecule has 2 atom stereocenters. The molecule has 4 N–H and O–H groups in total. The second-order valence-corrected chi connectivity index (χ2v) is 3.48. The first-order valence-corrected chi connectivity index (χ1v) is 4.82. The lowest BCUT2D eigenvalue weighted by molar-refractivity contribution is -0.129. The Morgan fingerprint density at radius 3 is 2.94 bits per heavy atom. The number of hydrogen-bond donors (Lipinski definition) is 2. The van der Waals surface area contributed by atoms with Crippen molar-refractivity contribution in [3.05, 3.63) is 0 Å². The summed E-state index contributed by atoms with van der Waals surface area (Å²) >= 11 is 0. The predicted molar refractivity (Wildman–Crippen MR) is 56.0 cm³/mol. The summed E-state index contributed by atoms with van der Waals surface area (Å²) in [5.74, 6) is -0.913. The second kappa shape index (κ2) is 5.23. The quantitative estimate of drug-likeness (QED) is 0.591. The van der Waals surface area contributed by atoms with Gasteiger partial charge in [-0.3, -0.25) is 19.5 Å². The van der Waals surface area contributed by atoms with E-state index in [1.165, 1.54) is 11.2 Å². The molecule has 0 fully saturated rings. The minimum atomic E-state index is -0.826. The van der Waals surface area contributed by atoms with Crippen molar-refractivity contribution in [2.45, 2.75) is 24.9 Å². The molecular weight excluding hydrogens is 210 g/mol. The van der Waals surface area contributed by atoms with Crippen molar-refractivity contribution in [1.29, 1.82) is 5.26 Å². The minimum Gasteiger partial charge on any atom is -0.370 e. The summed E-state index contributed by atoms with van der Waals surface area (Å²) in [6.07, 6.45) is 1.53. The Bertz CT molecular complexity index is 359. The third-order valence-electron chi connectivity index (χ3n) is 2.24. The van der Waals surface area contributed by atoms with Gasteiger partial charge in [-0.2, -0.15) is 5.26 Å². The van der Waals surface area contributed by atoms with Crippen LogP contribution >= 0.6 is 0 Å². The monoisotopic (exact) mass is 223 g/mol. The lowest BCUT2D eigenvalue weighted by atomic mass is 10.1. The van der Waals surface area contributed by atoms with Crippen molar-refractivity contribution in [3.8, 4) is 6.07 Å². The van der Waals surface area contributed by atoms with Crippen LogP contribution in [0.3, 0.4) is 0 Å². The van der Waals surface area contributed by atoms with Crippen LogP contribution in [-0.2, 0) is 9.59 Å². The molecule has 1 aliphatic heterocycles. The topological polar surface area (TPSA) is 126 Å². The second-order valence-electron chi connectivity index (χ2n) is 3.48. The van der Waals surface area contributed by atoms with Crippen molar-refractivity contribution in [2.75, 3.05) is 6.54 Å². The summed E-state index contributed by atoms with van der Waals surface area (Å²) in [5.41, 5.74) is 10.5. The van der Waals surface area contributed by atoms with Crippen LogP contribution in [0, 0.1) is 11.3 Å². The van der Waals surface area contributed by atoms with Crippen molar-refractivity contribution < 1.29 is 9.59 Å². The molecule has 7 heteroatoms. The Kier molecular flexibility index (Phi) is 3.96. The molecule has 0 saturated heterocycles. The molecule has 0 saturated carbocycles. The Balaban J connectivity index is 2.53. The molecular formula is C9H13N5O2. The minimum absolute atomic E-state index is 0.0507. The standard InChI is InChI=1S/C9H13N5O2/c10-3-6-4-13-5-14(6)9(16)7(11)1-2-8(12)15/h5-7H,1-2,4,11H2,(H2,12,15)/t6?,7-/m0/s1. The summed E-state index contributed by atoms with van der Waals surface area (Å²) in [6, 6.07) is 0.531. The van der Waals surface area contributed by atoms with Gasteiger partial charge in [0.1, 0.15) is 6.04 Å². The van der Waals surface area contributed by atoms with Gasteiger partial charge in [0.2, 0.25) is 11.8 Å². The summed E-state index contributed by atoms with van der Waals surface area (Å²) < 4.78 is 0. The van der Waals surface area contributed by atoms with E-state index in [9.17, 15) is 9.59 Å². The van der Waals surface area contributed by atoms with Crippen LogP contribution in [0.2, 0.25) is 0 Å². The average Bonchev–Trinajstić information content (AvgIpc) is 2.72. The van der Waals surface area contributed by atoms with E-state index in [0.29, 0.717) is 0 Å². The lowest BCUT2D eigenvalue weighted by Gasteiger charge is -2.20. The zero-order valence-corrected chi connectivity index (χ0v) is 8.67. The van der Waals surface area contributed by atoms with Gasteiger partial charge in [-0.05, 0) is 6.42 Å². The molecule has 0 aromatic carbocycles. The molecule has 86 valence electrons. The van der Waals surface area contributed by atoms with Gasteiger partial charge in [-0.1, -0.05) is 0 Å². The van der Waals surface area contributed by atoms with Crippen LogP contribution in [-0.4, -0.2) is 41.7 Å². The number of aliphatic imine (C=N–C) groups is 1. The molecule has 7 nitrogen and oxygen atoms in total.